The number of fused-ring (bicyclic) bond motifs is 1. The summed E-state index contributed by atoms with van der Waals surface area (Å²) in [6.45, 7) is 3.50. The molecule has 0 radical (unpaired) electrons. The molecule has 11 heteroatoms. The lowest BCUT2D eigenvalue weighted by Gasteiger charge is -2.13. The number of rotatable bonds is 4. The summed E-state index contributed by atoms with van der Waals surface area (Å²) in [7, 11) is -2.85. The van der Waals surface area contributed by atoms with Crippen LogP contribution in [0.3, 0.4) is 0 Å². The van der Waals surface area contributed by atoms with Crippen molar-refractivity contribution in [3.8, 4) is 0 Å². The number of carbonyl (C=O) groups excluding carboxylic acids is 1. The molecule has 136 valence electrons. The Bertz CT molecular complexity index is 1130. The molecule has 0 amide bonds. The van der Waals surface area contributed by atoms with Gasteiger partial charge in [0.1, 0.15) is 0 Å². The number of sulfonamides is 1. The number of ether oxygens (including phenoxy) is 1. The van der Waals surface area contributed by atoms with Crippen LogP contribution in [0, 0.1) is 13.8 Å². The minimum atomic E-state index is -4.10. The summed E-state index contributed by atoms with van der Waals surface area (Å²) in [6.07, 6.45) is 3.18. The third kappa shape index (κ3) is 3.27. The molecule has 2 heterocycles. The molecule has 1 N–H and O–H groups in total. The van der Waals surface area contributed by atoms with Gasteiger partial charge in [-0.3, -0.25) is 4.72 Å². The first-order valence-electron chi connectivity index (χ1n) is 7.32. The smallest absolute Gasteiger partial charge is 0.339 e. The molecule has 0 aliphatic heterocycles. The SMILES string of the molecule is COC(=O)c1ccc(C)c(NS(=O)(=O)c2nc3ncc(C)cn3n2)c1Br. The van der Waals surface area contributed by atoms with E-state index < -0.39 is 21.1 Å². The van der Waals surface area contributed by atoms with E-state index >= 15 is 0 Å². The zero-order valence-electron chi connectivity index (χ0n) is 14.0. The van der Waals surface area contributed by atoms with Gasteiger partial charge >= 0.3 is 5.97 Å². The number of esters is 1. The van der Waals surface area contributed by atoms with Crippen molar-refractivity contribution >= 4 is 43.4 Å². The van der Waals surface area contributed by atoms with Crippen LogP contribution in [0.2, 0.25) is 0 Å². The number of aromatic nitrogens is 4. The van der Waals surface area contributed by atoms with Crippen LogP contribution < -0.4 is 4.72 Å². The molecule has 0 unspecified atom stereocenters. The number of halogens is 1. The van der Waals surface area contributed by atoms with Crippen LogP contribution in [-0.2, 0) is 14.8 Å². The van der Waals surface area contributed by atoms with E-state index in [0.29, 0.717) is 5.56 Å². The van der Waals surface area contributed by atoms with E-state index in [0.717, 1.165) is 5.56 Å². The monoisotopic (exact) mass is 439 g/mol. The topological polar surface area (TPSA) is 116 Å². The van der Waals surface area contributed by atoms with E-state index in [2.05, 4.69) is 35.7 Å². The number of hydrogen-bond donors (Lipinski definition) is 1. The van der Waals surface area contributed by atoms with Crippen LogP contribution in [0.15, 0.2) is 34.2 Å². The van der Waals surface area contributed by atoms with Gasteiger partial charge < -0.3 is 4.74 Å². The largest absolute Gasteiger partial charge is 0.465 e. The molecule has 0 fully saturated rings. The Morgan fingerprint density at radius 3 is 2.73 bits per heavy atom. The van der Waals surface area contributed by atoms with Crippen molar-refractivity contribution in [2.24, 2.45) is 0 Å². The Kier molecular flexibility index (Phi) is 4.67. The molecule has 0 bridgehead atoms. The molecule has 0 spiro atoms. The molecule has 0 saturated heterocycles. The third-order valence-corrected chi connectivity index (χ3v) is 5.49. The summed E-state index contributed by atoms with van der Waals surface area (Å²) in [5.74, 6) is -0.432. The Morgan fingerprint density at radius 2 is 2.04 bits per heavy atom. The van der Waals surface area contributed by atoms with E-state index in [4.69, 9.17) is 4.74 Å². The van der Waals surface area contributed by atoms with Gasteiger partial charge in [0.15, 0.2) is 0 Å². The lowest BCUT2D eigenvalue weighted by molar-refractivity contribution is 0.0599. The van der Waals surface area contributed by atoms with E-state index in [1.54, 1.807) is 38.4 Å². The molecule has 3 aromatic rings. The highest BCUT2D eigenvalue weighted by molar-refractivity contribution is 9.10. The molecule has 2 aromatic heterocycles. The average molecular weight is 440 g/mol. The second kappa shape index (κ2) is 6.65. The molecule has 1 aromatic carbocycles. The first-order chi connectivity index (χ1) is 12.2. The molecule has 0 atom stereocenters. The molecule has 3 rings (SSSR count). The lowest BCUT2D eigenvalue weighted by atomic mass is 10.1. The quantitative estimate of drug-likeness (QED) is 0.618. The highest BCUT2D eigenvalue weighted by Gasteiger charge is 2.25. The van der Waals surface area contributed by atoms with Gasteiger partial charge in [-0.25, -0.2) is 14.3 Å². The highest BCUT2D eigenvalue weighted by Crippen LogP contribution is 2.32. The van der Waals surface area contributed by atoms with E-state index in [1.807, 2.05) is 0 Å². The number of benzene rings is 1. The van der Waals surface area contributed by atoms with Crippen molar-refractivity contribution in [1.29, 1.82) is 0 Å². The molecule has 26 heavy (non-hydrogen) atoms. The maximum Gasteiger partial charge on any atom is 0.339 e. The van der Waals surface area contributed by atoms with Gasteiger partial charge in [-0.05, 0) is 47.0 Å². The predicted octanol–water partition coefficient (Wildman–Crippen LogP) is 2.09. The summed E-state index contributed by atoms with van der Waals surface area (Å²) >= 11 is 3.26. The van der Waals surface area contributed by atoms with E-state index in [-0.39, 0.29) is 21.5 Å². The Morgan fingerprint density at radius 1 is 1.31 bits per heavy atom. The minimum Gasteiger partial charge on any atom is -0.465 e. The van der Waals surface area contributed by atoms with Crippen molar-refractivity contribution in [3.63, 3.8) is 0 Å². The van der Waals surface area contributed by atoms with Gasteiger partial charge in [0, 0.05) is 12.4 Å². The van der Waals surface area contributed by atoms with Crippen molar-refractivity contribution in [3.05, 3.63) is 45.7 Å². The molecule has 0 saturated carbocycles. The van der Waals surface area contributed by atoms with E-state index in [9.17, 15) is 13.2 Å². The zero-order chi connectivity index (χ0) is 19.1. The summed E-state index contributed by atoms with van der Waals surface area (Å²) in [5, 5.41) is 3.53. The summed E-state index contributed by atoms with van der Waals surface area (Å²) in [5.41, 5.74) is 1.81. The number of anilines is 1. The molecular formula is C15H14BrN5O4S. The van der Waals surface area contributed by atoms with Gasteiger partial charge in [-0.1, -0.05) is 6.07 Å². The van der Waals surface area contributed by atoms with Crippen molar-refractivity contribution < 1.29 is 17.9 Å². The molecular weight excluding hydrogens is 426 g/mol. The van der Waals surface area contributed by atoms with Crippen LogP contribution in [0.25, 0.3) is 5.78 Å². The number of methoxy groups -OCH3 is 1. The molecule has 9 nitrogen and oxygen atoms in total. The standard InChI is InChI=1S/C15H14BrN5O4S/c1-8-6-17-14-18-15(19-21(14)7-8)26(23,24)20-12-9(2)4-5-10(11(12)16)13(22)25-3/h4-7,20H,1-3H3. The second-order valence-corrected chi connectivity index (χ2v) is 7.86. The van der Waals surface area contributed by atoms with Crippen LogP contribution in [0.4, 0.5) is 5.69 Å². The van der Waals surface area contributed by atoms with Crippen molar-refractivity contribution in [2.45, 2.75) is 19.0 Å². The summed E-state index contributed by atoms with van der Waals surface area (Å²) < 4.78 is 34.1. The van der Waals surface area contributed by atoms with Gasteiger partial charge in [0.25, 0.3) is 21.0 Å². The van der Waals surface area contributed by atoms with Gasteiger partial charge in [0.2, 0.25) is 0 Å². The van der Waals surface area contributed by atoms with Crippen LogP contribution >= 0.6 is 15.9 Å². The molecule has 0 aliphatic carbocycles. The fourth-order valence-electron chi connectivity index (χ4n) is 2.22. The highest BCUT2D eigenvalue weighted by atomic mass is 79.9. The van der Waals surface area contributed by atoms with Crippen LogP contribution in [0.1, 0.15) is 21.5 Å². The number of nitrogens with one attached hydrogen (secondary N) is 1. The first-order valence-corrected chi connectivity index (χ1v) is 9.60. The van der Waals surface area contributed by atoms with Gasteiger partial charge in [-0.15, -0.1) is 5.10 Å². The number of aryl methyl sites for hydroxylation is 2. The minimum absolute atomic E-state index is 0.162. The maximum atomic E-state index is 12.7. The number of nitrogens with zero attached hydrogens (tertiary/aromatic N) is 4. The van der Waals surface area contributed by atoms with Crippen LogP contribution in [0.5, 0.6) is 0 Å². The fraction of sp³-hybridized carbons (Fsp3) is 0.200. The Balaban J connectivity index is 2.05. The predicted molar refractivity (Wildman–Crippen MR) is 96.5 cm³/mol. The summed E-state index contributed by atoms with van der Waals surface area (Å²) in [6, 6.07) is 3.15. The zero-order valence-corrected chi connectivity index (χ0v) is 16.4. The van der Waals surface area contributed by atoms with E-state index in [1.165, 1.54) is 11.6 Å². The maximum absolute atomic E-state index is 12.7. The number of hydrogen-bond acceptors (Lipinski definition) is 7. The van der Waals surface area contributed by atoms with Crippen molar-refractivity contribution in [2.75, 3.05) is 11.8 Å². The number of carbonyl (C=O) groups is 1. The van der Waals surface area contributed by atoms with Crippen LogP contribution in [-0.4, -0.2) is 41.1 Å². The van der Waals surface area contributed by atoms with Gasteiger partial charge in [-0.2, -0.15) is 13.4 Å². The lowest BCUT2D eigenvalue weighted by Crippen LogP contribution is -2.17. The fourth-order valence-corrected chi connectivity index (χ4v) is 4.07. The average Bonchev–Trinajstić information content (AvgIpc) is 3.02. The summed E-state index contributed by atoms with van der Waals surface area (Å²) in [4.78, 5) is 19.8. The normalized spacial score (nSPS) is 11.5. The Labute approximate surface area is 157 Å². The molecule has 0 aliphatic rings. The third-order valence-electron chi connectivity index (χ3n) is 3.54. The van der Waals surface area contributed by atoms with Crippen molar-refractivity contribution in [1.82, 2.24) is 19.6 Å². The van der Waals surface area contributed by atoms with Gasteiger partial charge in [0.05, 0.1) is 22.8 Å². The Hall–Kier alpha value is -2.53. The first kappa shape index (κ1) is 18.3. The second-order valence-electron chi connectivity index (χ2n) is 5.49.